The van der Waals surface area contributed by atoms with Gasteiger partial charge in [0.05, 0.1) is 12.2 Å². The first-order valence-electron chi connectivity index (χ1n) is 4.49. The van der Waals surface area contributed by atoms with Gasteiger partial charge in [-0.15, -0.1) is 0 Å². The Kier molecular flexibility index (Phi) is 2.90. The molecule has 0 aromatic rings. The minimum absolute atomic E-state index is 0.172. The van der Waals surface area contributed by atoms with Gasteiger partial charge in [0.2, 0.25) is 0 Å². The number of rotatable bonds is 3. The highest BCUT2D eigenvalue weighted by atomic mass is 16.3. The first kappa shape index (κ1) is 9.01. The molecule has 0 saturated heterocycles. The topological polar surface area (TPSA) is 40.5 Å². The Morgan fingerprint density at radius 3 is 2.00 bits per heavy atom. The van der Waals surface area contributed by atoms with Crippen molar-refractivity contribution in [3.8, 4) is 0 Å². The molecule has 1 aliphatic rings. The van der Waals surface area contributed by atoms with E-state index in [-0.39, 0.29) is 5.92 Å². The van der Waals surface area contributed by atoms with Crippen molar-refractivity contribution >= 4 is 0 Å². The lowest BCUT2D eigenvalue weighted by molar-refractivity contribution is -0.0590. The molecule has 0 heterocycles. The first-order valence-corrected chi connectivity index (χ1v) is 4.49. The molecule has 66 valence electrons. The van der Waals surface area contributed by atoms with Crippen LogP contribution in [0.3, 0.4) is 0 Å². The monoisotopic (exact) mass is 158 g/mol. The van der Waals surface area contributed by atoms with E-state index in [2.05, 4.69) is 0 Å². The molecule has 0 aromatic heterocycles. The van der Waals surface area contributed by atoms with Gasteiger partial charge in [-0.1, -0.05) is 20.3 Å². The lowest BCUT2D eigenvalue weighted by Gasteiger charge is -2.34. The van der Waals surface area contributed by atoms with Crippen molar-refractivity contribution in [1.82, 2.24) is 0 Å². The molecule has 2 nitrogen and oxygen atoms in total. The smallest absolute Gasteiger partial charge is 0.0829 e. The van der Waals surface area contributed by atoms with E-state index in [9.17, 15) is 10.2 Å². The fraction of sp³-hybridized carbons (Fsp3) is 1.00. The summed E-state index contributed by atoms with van der Waals surface area (Å²) in [4.78, 5) is 0. The Morgan fingerprint density at radius 1 is 1.18 bits per heavy atom. The van der Waals surface area contributed by atoms with E-state index >= 15 is 0 Å². The predicted octanol–water partition coefficient (Wildman–Crippen LogP) is 1.16. The second-order valence-electron chi connectivity index (χ2n) is 3.92. The molecule has 0 aromatic carbocycles. The molecule has 0 amide bonds. The highest BCUT2D eigenvalue weighted by molar-refractivity contribution is 4.82. The third-order valence-corrected chi connectivity index (χ3v) is 2.67. The highest BCUT2D eigenvalue weighted by Gasteiger charge is 2.31. The van der Waals surface area contributed by atoms with E-state index in [0.717, 1.165) is 12.8 Å². The molecule has 0 bridgehead atoms. The maximum Gasteiger partial charge on any atom is 0.0829 e. The second kappa shape index (κ2) is 3.55. The Morgan fingerprint density at radius 2 is 1.73 bits per heavy atom. The van der Waals surface area contributed by atoms with Crippen molar-refractivity contribution in [2.45, 2.75) is 45.3 Å². The van der Waals surface area contributed by atoms with Crippen molar-refractivity contribution in [1.29, 1.82) is 0 Å². The SMILES string of the molecule is CC(C)C(O)C(O)C1CCC1. The zero-order valence-corrected chi connectivity index (χ0v) is 7.33. The average Bonchev–Trinajstić information content (AvgIpc) is 1.82. The third kappa shape index (κ3) is 1.94. The van der Waals surface area contributed by atoms with Crippen LogP contribution in [-0.2, 0) is 0 Å². The summed E-state index contributed by atoms with van der Waals surface area (Å²) in [5.41, 5.74) is 0. The van der Waals surface area contributed by atoms with E-state index in [0.29, 0.717) is 5.92 Å². The van der Waals surface area contributed by atoms with Crippen LogP contribution in [0.25, 0.3) is 0 Å². The molecule has 1 fully saturated rings. The summed E-state index contributed by atoms with van der Waals surface area (Å²) in [5.74, 6) is 0.540. The zero-order valence-electron chi connectivity index (χ0n) is 7.33. The molecule has 2 atom stereocenters. The molecule has 1 rings (SSSR count). The van der Waals surface area contributed by atoms with Crippen LogP contribution in [0.4, 0.5) is 0 Å². The van der Waals surface area contributed by atoms with E-state index in [1.54, 1.807) is 0 Å². The van der Waals surface area contributed by atoms with E-state index in [1.165, 1.54) is 6.42 Å². The van der Waals surface area contributed by atoms with Gasteiger partial charge < -0.3 is 10.2 Å². The van der Waals surface area contributed by atoms with Crippen molar-refractivity contribution in [2.24, 2.45) is 11.8 Å². The standard InChI is InChI=1S/C9H18O2/c1-6(2)8(10)9(11)7-4-3-5-7/h6-11H,3-5H2,1-2H3. The van der Waals surface area contributed by atoms with Crippen LogP contribution in [0.15, 0.2) is 0 Å². The zero-order chi connectivity index (χ0) is 8.43. The van der Waals surface area contributed by atoms with Crippen LogP contribution in [0.1, 0.15) is 33.1 Å². The van der Waals surface area contributed by atoms with Gasteiger partial charge in [-0.25, -0.2) is 0 Å². The van der Waals surface area contributed by atoms with E-state index < -0.39 is 12.2 Å². The summed E-state index contributed by atoms with van der Waals surface area (Å²) < 4.78 is 0. The van der Waals surface area contributed by atoms with Gasteiger partial charge in [0.15, 0.2) is 0 Å². The predicted molar refractivity (Wildman–Crippen MR) is 44.2 cm³/mol. The van der Waals surface area contributed by atoms with Crippen LogP contribution in [0, 0.1) is 11.8 Å². The van der Waals surface area contributed by atoms with Crippen molar-refractivity contribution in [3.63, 3.8) is 0 Å². The number of aliphatic hydroxyl groups excluding tert-OH is 2. The van der Waals surface area contributed by atoms with Crippen LogP contribution in [-0.4, -0.2) is 22.4 Å². The molecule has 0 spiro atoms. The Balaban J connectivity index is 2.32. The quantitative estimate of drug-likeness (QED) is 0.647. The van der Waals surface area contributed by atoms with Crippen molar-refractivity contribution in [3.05, 3.63) is 0 Å². The number of aliphatic hydroxyl groups is 2. The average molecular weight is 158 g/mol. The Labute approximate surface area is 68.2 Å². The first-order chi connectivity index (χ1) is 5.13. The van der Waals surface area contributed by atoms with Crippen LogP contribution in [0.5, 0.6) is 0 Å². The largest absolute Gasteiger partial charge is 0.390 e. The summed E-state index contributed by atoms with van der Waals surface area (Å²) in [6.45, 7) is 3.87. The molecular formula is C9H18O2. The molecule has 11 heavy (non-hydrogen) atoms. The fourth-order valence-electron chi connectivity index (χ4n) is 1.45. The summed E-state index contributed by atoms with van der Waals surface area (Å²) >= 11 is 0. The molecule has 2 N–H and O–H groups in total. The van der Waals surface area contributed by atoms with Crippen molar-refractivity contribution < 1.29 is 10.2 Å². The van der Waals surface area contributed by atoms with Crippen LogP contribution < -0.4 is 0 Å². The van der Waals surface area contributed by atoms with Crippen molar-refractivity contribution in [2.75, 3.05) is 0 Å². The lowest BCUT2D eigenvalue weighted by atomic mass is 9.77. The maximum absolute atomic E-state index is 9.56. The minimum atomic E-state index is -0.528. The third-order valence-electron chi connectivity index (χ3n) is 2.67. The van der Waals surface area contributed by atoms with Crippen LogP contribution in [0.2, 0.25) is 0 Å². The maximum atomic E-state index is 9.56. The summed E-state index contributed by atoms with van der Waals surface area (Å²) in [5, 5.41) is 19.0. The molecule has 0 radical (unpaired) electrons. The number of hydrogen-bond donors (Lipinski definition) is 2. The minimum Gasteiger partial charge on any atom is -0.390 e. The normalized spacial score (nSPS) is 24.8. The lowest BCUT2D eigenvalue weighted by Crippen LogP contribution is -2.39. The Bertz CT molecular complexity index is 119. The number of hydrogen-bond acceptors (Lipinski definition) is 2. The summed E-state index contributed by atoms with van der Waals surface area (Å²) in [6.07, 6.45) is 2.38. The molecule has 2 unspecified atom stereocenters. The summed E-state index contributed by atoms with van der Waals surface area (Å²) in [7, 11) is 0. The highest BCUT2D eigenvalue weighted by Crippen LogP contribution is 2.32. The van der Waals surface area contributed by atoms with Gasteiger partial charge in [0, 0.05) is 0 Å². The van der Waals surface area contributed by atoms with Crippen LogP contribution >= 0.6 is 0 Å². The fourth-order valence-corrected chi connectivity index (χ4v) is 1.45. The van der Waals surface area contributed by atoms with Gasteiger partial charge >= 0.3 is 0 Å². The molecular weight excluding hydrogens is 140 g/mol. The summed E-state index contributed by atoms with van der Waals surface area (Å²) in [6, 6.07) is 0. The molecule has 2 heteroatoms. The van der Waals surface area contributed by atoms with E-state index in [4.69, 9.17) is 0 Å². The molecule has 1 aliphatic carbocycles. The van der Waals surface area contributed by atoms with Gasteiger partial charge in [-0.3, -0.25) is 0 Å². The second-order valence-corrected chi connectivity index (χ2v) is 3.92. The molecule has 0 aliphatic heterocycles. The van der Waals surface area contributed by atoms with E-state index in [1.807, 2.05) is 13.8 Å². The van der Waals surface area contributed by atoms with Gasteiger partial charge in [-0.05, 0) is 24.7 Å². The van der Waals surface area contributed by atoms with Gasteiger partial charge in [0.25, 0.3) is 0 Å². The Hall–Kier alpha value is -0.0800. The van der Waals surface area contributed by atoms with Gasteiger partial charge in [-0.2, -0.15) is 0 Å². The molecule has 1 saturated carbocycles. The van der Waals surface area contributed by atoms with Gasteiger partial charge in [0.1, 0.15) is 0 Å².